The fourth-order valence-corrected chi connectivity index (χ4v) is 6.88. The van der Waals surface area contributed by atoms with Crippen LogP contribution in [0.4, 0.5) is 5.82 Å². The van der Waals surface area contributed by atoms with E-state index in [2.05, 4.69) is 16.7 Å². The van der Waals surface area contributed by atoms with Crippen LogP contribution in [-0.2, 0) is 9.84 Å². The number of sulfone groups is 1. The number of aryl methyl sites for hydroxylation is 1. The lowest BCUT2D eigenvalue weighted by Crippen LogP contribution is -2.54. The van der Waals surface area contributed by atoms with Gasteiger partial charge >= 0.3 is 0 Å². The Balaban J connectivity index is 1.26. The molecule has 0 saturated carbocycles. The first-order valence-electron chi connectivity index (χ1n) is 12.9. The topological polar surface area (TPSA) is 84.2 Å². The number of rotatable bonds is 8. The van der Waals surface area contributed by atoms with Crippen LogP contribution < -0.4 is 4.90 Å². The zero-order valence-corrected chi connectivity index (χ0v) is 23.9. The maximum Gasteiger partial charge on any atom is 0.179 e. The van der Waals surface area contributed by atoms with Crippen molar-refractivity contribution in [3.8, 4) is 0 Å². The number of piperidine rings is 1. The highest BCUT2D eigenvalue weighted by Gasteiger charge is 2.36. The van der Waals surface area contributed by atoms with Crippen molar-refractivity contribution in [1.29, 1.82) is 0 Å². The molecule has 200 valence electrons. The highest BCUT2D eigenvalue weighted by Crippen LogP contribution is 2.35. The summed E-state index contributed by atoms with van der Waals surface area (Å²) in [4.78, 5) is 14.5. The maximum atomic E-state index is 11.5. The molecule has 5 rings (SSSR count). The molecule has 8 nitrogen and oxygen atoms in total. The molecule has 2 aromatic heterocycles. The molecule has 0 N–H and O–H groups in total. The second kappa shape index (κ2) is 10.7. The van der Waals surface area contributed by atoms with Crippen LogP contribution in [0.2, 0.25) is 10.0 Å². The van der Waals surface area contributed by atoms with E-state index in [9.17, 15) is 8.42 Å². The van der Waals surface area contributed by atoms with Crippen molar-refractivity contribution in [2.45, 2.75) is 39.2 Å². The van der Waals surface area contributed by atoms with Crippen LogP contribution in [-0.4, -0.2) is 77.8 Å². The van der Waals surface area contributed by atoms with Gasteiger partial charge in [-0.3, -0.25) is 0 Å². The van der Waals surface area contributed by atoms with Gasteiger partial charge in [-0.1, -0.05) is 29.3 Å². The predicted octanol–water partition coefficient (Wildman–Crippen LogP) is 4.63. The van der Waals surface area contributed by atoms with Crippen LogP contribution in [0.5, 0.6) is 0 Å². The molecule has 2 aliphatic heterocycles. The van der Waals surface area contributed by atoms with Crippen molar-refractivity contribution < 1.29 is 8.42 Å². The van der Waals surface area contributed by atoms with Crippen LogP contribution in [0.1, 0.15) is 43.5 Å². The molecule has 37 heavy (non-hydrogen) atoms. The molecule has 0 unspecified atom stereocenters. The van der Waals surface area contributed by atoms with E-state index in [1.165, 1.54) is 19.1 Å². The number of fused-ring (bicyclic) bond motifs is 1. The molecule has 0 spiro atoms. The summed E-state index contributed by atoms with van der Waals surface area (Å²) in [5.74, 6) is 2.40. The van der Waals surface area contributed by atoms with E-state index in [-0.39, 0.29) is 11.8 Å². The van der Waals surface area contributed by atoms with Crippen molar-refractivity contribution in [2.24, 2.45) is 11.8 Å². The van der Waals surface area contributed by atoms with Gasteiger partial charge in [-0.25, -0.2) is 23.1 Å². The molecule has 3 aromatic rings. The second-order valence-corrected chi connectivity index (χ2v) is 13.7. The van der Waals surface area contributed by atoms with Crippen LogP contribution in [0, 0.1) is 18.8 Å². The number of aromatic nitrogens is 4. The van der Waals surface area contributed by atoms with Crippen LogP contribution in [0.3, 0.4) is 0 Å². The van der Waals surface area contributed by atoms with Gasteiger partial charge in [-0.05, 0) is 75.7 Å². The van der Waals surface area contributed by atoms with Crippen LogP contribution in [0.25, 0.3) is 11.2 Å². The summed E-state index contributed by atoms with van der Waals surface area (Å²) >= 11 is 12.6. The smallest absolute Gasteiger partial charge is 0.179 e. The zero-order chi connectivity index (χ0) is 26.3. The summed E-state index contributed by atoms with van der Waals surface area (Å²) < 4.78 is 24.8. The summed E-state index contributed by atoms with van der Waals surface area (Å²) in [6.45, 7) is 8.92. The second-order valence-electron chi connectivity index (χ2n) is 10.6. The SMILES string of the molecule is Cc1nn([C@H](C)c2ccc(Cl)cc2Cl)c2nc(N3CC([C@H]4CCCN(CCCS(C)(=O)=O)C4)C3)cnc12. The minimum absolute atomic E-state index is 0.120. The highest BCUT2D eigenvalue weighted by atomic mass is 35.5. The zero-order valence-electron chi connectivity index (χ0n) is 21.6. The molecule has 2 saturated heterocycles. The van der Waals surface area contributed by atoms with E-state index < -0.39 is 9.84 Å². The Kier molecular flexibility index (Phi) is 7.69. The molecule has 0 bridgehead atoms. The summed E-state index contributed by atoms with van der Waals surface area (Å²) in [6, 6.07) is 5.41. The quantitative estimate of drug-likeness (QED) is 0.394. The third kappa shape index (κ3) is 5.90. The van der Waals surface area contributed by atoms with Crippen molar-refractivity contribution in [2.75, 3.05) is 49.6 Å². The van der Waals surface area contributed by atoms with Crippen molar-refractivity contribution in [1.82, 2.24) is 24.6 Å². The van der Waals surface area contributed by atoms with Gasteiger partial charge in [0.1, 0.15) is 21.2 Å². The van der Waals surface area contributed by atoms with Gasteiger partial charge in [0.2, 0.25) is 0 Å². The monoisotopic (exact) mass is 564 g/mol. The Morgan fingerprint density at radius 3 is 2.68 bits per heavy atom. The van der Waals surface area contributed by atoms with E-state index in [0.717, 1.165) is 61.0 Å². The Morgan fingerprint density at radius 2 is 1.95 bits per heavy atom. The molecule has 2 fully saturated rings. The molecule has 0 aliphatic carbocycles. The van der Waals surface area contributed by atoms with Gasteiger partial charge < -0.3 is 9.80 Å². The number of hydrogen-bond acceptors (Lipinski definition) is 7. The first-order valence-corrected chi connectivity index (χ1v) is 15.7. The minimum Gasteiger partial charge on any atom is -0.355 e. The standard InChI is InChI=1S/C26H34Cl2N6O2S/c1-17-25-26(34(31-17)18(2)22-8-7-21(27)12-23(22)28)30-24(13-29-25)33-15-20(16-33)19-6-4-9-32(14-19)10-5-11-37(3,35)36/h7-8,12-13,18-20H,4-6,9-11,14-16H2,1-3H3/t18-,19+/m1/s1. The van der Waals surface area contributed by atoms with E-state index in [1.807, 2.05) is 29.9 Å². The summed E-state index contributed by atoms with van der Waals surface area (Å²) in [6.07, 6.45) is 6.30. The number of hydrogen-bond donors (Lipinski definition) is 0. The van der Waals surface area contributed by atoms with E-state index >= 15 is 0 Å². The molecular weight excluding hydrogens is 531 g/mol. The van der Waals surface area contributed by atoms with Gasteiger partial charge in [0.15, 0.2) is 5.65 Å². The van der Waals surface area contributed by atoms with Gasteiger partial charge in [0.05, 0.1) is 23.7 Å². The summed E-state index contributed by atoms with van der Waals surface area (Å²) in [5.41, 5.74) is 3.33. The lowest BCUT2D eigenvalue weighted by atomic mass is 9.80. The fraction of sp³-hybridized carbons (Fsp3) is 0.577. The third-order valence-electron chi connectivity index (χ3n) is 7.77. The van der Waals surface area contributed by atoms with E-state index in [0.29, 0.717) is 28.3 Å². The third-order valence-corrected chi connectivity index (χ3v) is 9.36. The highest BCUT2D eigenvalue weighted by molar-refractivity contribution is 7.90. The predicted molar refractivity (Wildman–Crippen MR) is 150 cm³/mol. The van der Waals surface area contributed by atoms with E-state index in [1.54, 1.807) is 6.07 Å². The molecule has 1 aromatic carbocycles. The van der Waals surface area contributed by atoms with E-state index in [4.69, 9.17) is 38.3 Å². The number of benzene rings is 1. The average Bonchev–Trinajstić information content (AvgIpc) is 3.13. The molecule has 2 aliphatic rings. The lowest BCUT2D eigenvalue weighted by molar-refractivity contribution is 0.120. The average molecular weight is 566 g/mol. The van der Waals surface area contributed by atoms with Gasteiger partial charge in [0, 0.05) is 35.9 Å². The van der Waals surface area contributed by atoms with Gasteiger partial charge in [-0.2, -0.15) is 5.10 Å². The molecule has 0 amide bonds. The Morgan fingerprint density at radius 1 is 1.16 bits per heavy atom. The van der Waals surface area contributed by atoms with Crippen molar-refractivity contribution in [3.63, 3.8) is 0 Å². The molecule has 0 radical (unpaired) electrons. The first-order chi connectivity index (χ1) is 17.6. The number of halogens is 2. The van der Waals surface area contributed by atoms with Gasteiger partial charge in [0.25, 0.3) is 0 Å². The Labute approximate surface area is 228 Å². The number of likely N-dealkylation sites (tertiary alicyclic amines) is 1. The molecule has 11 heteroatoms. The van der Waals surface area contributed by atoms with Crippen molar-refractivity contribution in [3.05, 3.63) is 45.7 Å². The fourth-order valence-electron chi connectivity index (χ4n) is 5.66. The summed E-state index contributed by atoms with van der Waals surface area (Å²) in [5, 5.41) is 5.96. The molecule has 4 heterocycles. The van der Waals surface area contributed by atoms with Crippen LogP contribution >= 0.6 is 23.2 Å². The number of anilines is 1. The summed E-state index contributed by atoms with van der Waals surface area (Å²) in [7, 11) is -2.89. The largest absolute Gasteiger partial charge is 0.355 e. The molecule has 2 atom stereocenters. The lowest BCUT2D eigenvalue weighted by Gasteiger charge is -2.47. The van der Waals surface area contributed by atoms with Gasteiger partial charge in [-0.15, -0.1) is 0 Å². The van der Waals surface area contributed by atoms with Crippen molar-refractivity contribution >= 4 is 50.0 Å². The first kappa shape index (κ1) is 26.7. The number of nitrogens with zero attached hydrogens (tertiary/aromatic N) is 6. The Bertz CT molecular complexity index is 1390. The minimum atomic E-state index is -2.89. The van der Waals surface area contributed by atoms with Crippen LogP contribution in [0.15, 0.2) is 24.4 Å². The normalized spacial score (nSPS) is 20.4. The Hall–Kier alpha value is -1.94. The maximum absolute atomic E-state index is 11.5. The molecular formula is C26H34Cl2N6O2S.